The maximum absolute atomic E-state index is 13.6. The van der Waals surface area contributed by atoms with Gasteiger partial charge in [-0.05, 0) is 57.0 Å². The number of hydrogen-bond acceptors (Lipinski definition) is 5. The van der Waals surface area contributed by atoms with E-state index in [1.54, 1.807) is 17.8 Å². The zero-order valence-corrected chi connectivity index (χ0v) is 20.8. The molecule has 4 nitrogen and oxygen atoms in total. The van der Waals surface area contributed by atoms with Crippen molar-refractivity contribution in [1.82, 2.24) is 0 Å². The molecule has 1 N–H and O–H groups in total. The molecule has 0 spiro atoms. The molecule has 1 aliphatic rings. The van der Waals surface area contributed by atoms with Gasteiger partial charge in [0.15, 0.2) is 5.75 Å². The summed E-state index contributed by atoms with van der Waals surface area (Å²) in [5.74, 6) is 1.12. The van der Waals surface area contributed by atoms with E-state index >= 15 is 0 Å². The maximum atomic E-state index is 13.6. The van der Waals surface area contributed by atoms with Gasteiger partial charge >= 0.3 is 0 Å². The Bertz CT molecular complexity index is 958. The number of nitrogens with one attached hydrogen (secondary N) is 1. The van der Waals surface area contributed by atoms with E-state index in [2.05, 4.69) is 19.2 Å². The van der Waals surface area contributed by atoms with Crippen molar-refractivity contribution in [3.05, 3.63) is 51.8 Å². The molecule has 0 saturated carbocycles. The molecule has 0 radical (unpaired) electrons. The number of aryl methyl sites for hydroxylation is 1. The summed E-state index contributed by atoms with van der Waals surface area (Å²) in [6, 6.07) is 8.62. The zero-order valence-electron chi connectivity index (χ0n) is 18.4. The number of halogens is 3. The summed E-state index contributed by atoms with van der Waals surface area (Å²) in [6.07, 6.45) is 0.818. The van der Waals surface area contributed by atoms with Crippen LogP contribution in [0.3, 0.4) is 0 Å². The van der Waals surface area contributed by atoms with Crippen LogP contribution in [0.2, 0.25) is 10.0 Å². The number of anilines is 2. The van der Waals surface area contributed by atoms with Crippen molar-refractivity contribution in [2.45, 2.75) is 38.8 Å². The normalized spacial score (nSPS) is 16.3. The summed E-state index contributed by atoms with van der Waals surface area (Å²) in [5, 5.41) is 5.35. The largest absolute Gasteiger partial charge is 0.484 e. The predicted molar refractivity (Wildman–Crippen MR) is 133 cm³/mol. The van der Waals surface area contributed by atoms with Gasteiger partial charge in [-0.3, -0.25) is 4.99 Å². The topological polar surface area (TPSA) is 36.9 Å². The molecule has 0 aliphatic carbocycles. The average molecular weight is 484 g/mol. The van der Waals surface area contributed by atoms with Crippen LogP contribution in [0.4, 0.5) is 15.8 Å². The highest BCUT2D eigenvalue weighted by Gasteiger charge is 2.28. The van der Waals surface area contributed by atoms with Crippen LogP contribution in [-0.4, -0.2) is 43.1 Å². The Morgan fingerprint density at radius 1 is 1.23 bits per heavy atom. The molecule has 0 amide bonds. The van der Waals surface area contributed by atoms with Crippen molar-refractivity contribution in [2.75, 3.05) is 36.7 Å². The van der Waals surface area contributed by atoms with Crippen LogP contribution in [0.25, 0.3) is 0 Å². The van der Waals surface area contributed by atoms with Crippen LogP contribution in [0, 0.1) is 12.7 Å². The Hall–Kier alpha value is -1.63. The third-order valence-electron chi connectivity index (χ3n) is 5.03. The maximum Gasteiger partial charge on any atom is 0.157 e. The van der Waals surface area contributed by atoms with Gasteiger partial charge in [0.25, 0.3) is 0 Å². The van der Waals surface area contributed by atoms with Crippen LogP contribution in [0.1, 0.15) is 25.8 Å². The summed E-state index contributed by atoms with van der Waals surface area (Å²) >= 11 is 14.4. The second-order valence-corrected chi connectivity index (χ2v) is 10.5. The number of hydrogen-bond donors (Lipinski definition) is 1. The van der Waals surface area contributed by atoms with Crippen molar-refractivity contribution in [1.29, 1.82) is 0 Å². The van der Waals surface area contributed by atoms with E-state index in [-0.39, 0.29) is 17.4 Å². The first-order valence-electron chi connectivity index (χ1n) is 10.1. The minimum atomic E-state index is -0.242. The average Bonchev–Trinajstić information content (AvgIpc) is 3.10. The first kappa shape index (κ1) is 24.0. The number of benzene rings is 2. The van der Waals surface area contributed by atoms with Crippen molar-refractivity contribution in [2.24, 2.45) is 4.99 Å². The second-order valence-electron chi connectivity index (χ2n) is 8.58. The summed E-state index contributed by atoms with van der Waals surface area (Å²) in [6.45, 7) is 6.52. The summed E-state index contributed by atoms with van der Waals surface area (Å²) < 4.78 is 19.5. The fraction of sp³-hybridized carbons (Fsp3) is 0.435. The molecule has 0 saturated heterocycles. The number of nitrogens with zero attached hydrogens (tertiary/aromatic N) is 2. The summed E-state index contributed by atoms with van der Waals surface area (Å²) in [4.78, 5) is 6.76. The molecule has 31 heavy (non-hydrogen) atoms. The number of aliphatic imine (C=N–C) groups is 1. The van der Waals surface area contributed by atoms with E-state index in [1.807, 2.05) is 38.1 Å². The molecular formula is C23H28Cl2FN3OS. The summed E-state index contributed by atoms with van der Waals surface area (Å²) in [7, 11) is 3.86. The molecule has 1 heterocycles. The molecule has 1 unspecified atom stereocenters. The lowest BCUT2D eigenvalue weighted by Crippen LogP contribution is -2.35. The van der Waals surface area contributed by atoms with Gasteiger partial charge in [0.1, 0.15) is 17.5 Å². The minimum Gasteiger partial charge on any atom is -0.484 e. The highest BCUT2D eigenvalue weighted by atomic mass is 35.5. The molecule has 2 aromatic carbocycles. The Labute approximate surface area is 198 Å². The van der Waals surface area contributed by atoms with Crippen molar-refractivity contribution in [3.63, 3.8) is 0 Å². The fourth-order valence-electron chi connectivity index (χ4n) is 3.46. The molecule has 0 bridgehead atoms. The molecule has 8 heteroatoms. The Morgan fingerprint density at radius 2 is 1.90 bits per heavy atom. The third kappa shape index (κ3) is 6.43. The first-order chi connectivity index (χ1) is 14.5. The second kappa shape index (κ2) is 9.88. The lowest BCUT2D eigenvalue weighted by atomic mass is 9.95. The third-order valence-corrected chi connectivity index (χ3v) is 6.70. The SMILES string of the molecule is Cc1ccc(F)cc1NC(C)(C)CC1CSC(COc2c(Cl)cc(N(C)C)cc2Cl)=N1. The zero-order chi connectivity index (χ0) is 22.8. The van der Waals surface area contributed by atoms with Crippen molar-refractivity contribution >= 4 is 51.4 Å². The highest BCUT2D eigenvalue weighted by Crippen LogP contribution is 2.37. The highest BCUT2D eigenvalue weighted by molar-refractivity contribution is 8.14. The van der Waals surface area contributed by atoms with Crippen LogP contribution >= 0.6 is 35.0 Å². The van der Waals surface area contributed by atoms with Crippen molar-refractivity contribution in [3.8, 4) is 5.75 Å². The monoisotopic (exact) mass is 483 g/mol. The fourth-order valence-corrected chi connectivity index (χ4v) is 4.99. The van der Waals surface area contributed by atoms with E-state index in [4.69, 9.17) is 32.9 Å². The molecule has 3 rings (SSSR count). The first-order valence-corrected chi connectivity index (χ1v) is 11.8. The Balaban J connectivity index is 1.60. The predicted octanol–water partition coefficient (Wildman–Crippen LogP) is 6.68. The van der Waals surface area contributed by atoms with Gasteiger partial charge < -0.3 is 15.0 Å². The number of thioether (sulfide) groups is 1. The van der Waals surface area contributed by atoms with Gasteiger partial charge in [-0.2, -0.15) is 0 Å². The van der Waals surface area contributed by atoms with Crippen LogP contribution in [0.5, 0.6) is 5.75 Å². The Kier molecular flexibility index (Phi) is 7.66. The van der Waals surface area contributed by atoms with Gasteiger partial charge in [-0.15, -0.1) is 11.8 Å². The molecule has 0 fully saturated rings. The van der Waals surface area contributed by atoms with Crippen molar-refractivity contribution < 1.29 is 9.13 Å². The molecule has 1 atom stereocenters. The molecule has 168 valence electrons. The lowest BCUT2D eigenvalue weighted by Gasteiger charge is -2.30. The van der Waals surface area contributed by atoms with E-state index in [1.165, 1.54) is 12.1 Å². The Morgan fingerprint density at radius 3 is 2.55 bits per heavy atom. The van der Waals surface area contributed by atoms with Crippen LogP contribution < -0.4 is 15.0 Å². The lowest BCUT2D eigenvalue weighted by molar-refractivity contribution is 0.378. The van der Waals surface area contributed by atoms with Gasteiger partial charge in [0, 0.05) is 36.8 Å². The molecule has 1 aliphatic heterocycles. The molecule has 2 aromatic rings. The minimum absolute atomic E-state index is 0.155. The van der Waals surface area contributed by atoms with Gasteiger partial charge in [0.2, 0.25) is 0 Å². The van der Waals surface area contributed by atoms with E-state index in [0.717, 1.165) is 34.2 Å². The quantitative estimate of drug-likeness (QED) is 0.454. The summed E-state index contributed by atoms with van der Waals surface area (Å²) in [5.41, 5.74) is 2.51. The van der Waals surface area contributed by atoms with Crippen LogP contribution in [-0.2, 0) is 0 Å². The smallest absolute Gasteiger partial charge is 0.157 e. The standard InChI is InChI=1S/C23H28Cl2FN3OS/c1-14-6-7-15(26)8-20(14)28-23(2,3)11-16-13-31-21(27-16)12-30-22-18(24)9-17(29(4)5)10-19(22)25/h6-10,16,28H,11-13H2,1-5H3. The van der Waals surface area contributed by atoms with Gasteiger partial charge in [-0.25, -0.2) is 4.39 Å². The number of rotatable bonds is 8. The number of ether oxygens (including phenoxy) is 1. The van der Waals surface area contributed by atoms with E-state index in [9.17, 15) is 4.39 Å². The van der Waals surface area contributed by atoms with E-state index in [0.29, 0.717) is 22.4 Å². The molecule has 0 aromatic heterocycles. The van der Waals surface area contributed by atoms with Gasteiger partial charge in [-0.1, -0.05) is 29.3 Å². The molecular weight excluding hydrogens is 456 g/mol. The van der Waals surface area contributed by atoms with E-state index < -0.39 is 0 Å². The van der Waals surface area contributed by atoms with Crippen LogP contribution in [0.15, 0.2) is 35.3 Å². The van der Waals surface area contributed by atoms with Gasteiger partial charge in [0.05, 0.1) is 16.1 Å².